The van der Waals surface area contributed by atoms with E-state index in [-0.39, 0.29) is 24.4 Å². The molecule has 4 rings (SSSR count). The van der Waals surface area contributed by atoms with Gasteiger partial charge < -0.3 is 14.8 Å². The number of benzene rings is 2. The molecule has 1 saturated carbocycles. The summed E-state index contributed by atoms with van der Waals surface area (Å²) in [6.45, 7) is 2.64. The summed E-state index contributed by atoms with van der Waals surface area (Å²) in [6, 6.07) is 18.3. The van der Waals surface area contributed by atoms with E-state index in [0.29, 0.717) is 18.9 Å². The Labute approximate surface area is 183 Å². The number of para-hydroxylation sites is 2. The summed E-state index contributed by atoms with van der Waals surface area (Å²) in [6.07, 6.45) is 5.71. The van der Waals surface area contributed by atoms with E-state index in [0.717, 1.165) is 29.4 Å². The van der Waals surface area contributed by atoms with E-state index in [1.807, 2.05) is 47.0 Å². The van der Waals surface area contributed by atoms with E-state index >= 15 is 0 Å². The van der Waals surface area contributed by atoms with Crippen LogP contribution in [0.4, 0.5) is 0 Å². The molecule has 3 aromatic rings. The molecule has 0 saturated heterocycles. The van der Waals surface area contributed by atoms with E-state index in [1.165, 1.54) is 26.2 Å². The van der Waals surface area contributed by atoms with Crippen molar-refractivity contribution in [2.75, 3.05) is 0 Å². The molecule has 2 aromatic carbocycles. The van der Waals surface area contributed by atoms with Gasteiger partial charge in [0.05, 0.1) is 17.6 Å². The fourth-order valence-electron chi connectivity index (χ4n) is 4.46. The van der Waals surface area contributed by atoms with Gasteiger partial charge >= 0.3 is 0 Å². The Bertz CT molecular complexity index is 1040. The van der Waals surface area contributed by atoms with Gasteiger partial charge in [-0.2, -0.15) is 0 Å². The first-order chi connectivity index (χ1) is 15.1. The molecule has 31 heavy (non-hydrogen) atoms. The SMILES string of the molecule is CC(=O)NCc1nc2ccccc2n1CC(=O)N(Cc1ccccc1)C1CCCCC1. The van der Waals surface area contributed by atoms with Crippen molar-refractivity contribution in [2.24, 2.45) is 0 Å². The molecule has 1 aliphatic rings. The average molecular weight is 419 g/mol. The first-order valence-electron chi connectivity index (χ1n) is 11.1. The van der Waals surface area contributed by atoms with Gasteiger partial charge in [0.25, 0.3) is 0 Å². The predicted octanol–water partition coefficient (Wildman–Crippen LogP) is 4.03. The van der Waals surface area contributed by atoms with E-state index in [2.05, 4.69) is 27.3 Å². The summed E-state index contributed by atoms with van der Waals surface area (Å²) in [7, 11) is 0. The molecule has 0 aliphatic heterocycles. The number of hydrogen-bond donors (Lipinski definition) is 1. The van der Waals surface area contributed by atoms with Crippen LogP contribution in [0.1, 0.15) is 50.4 Å². The van der Waals surface area contributed by atoms with Gasteiger partial charge in [0.2, 0.25) is 11.8 Å². The van der Waals surface area contributed by atoms with Crippen LogP contribution >= 0.6 is 0 Å². The molecular formula is C25H30N4O2. The highest BCUT2D eigenvalue weighted by atomic mass is 16.2. The third kappa shape index (κ3) is 5.13. The van der Waals surface area contributed by atoms with Crippen LogP contribution in [0, 0.1) is 0 Å². The van der Waals surface area contributed by atoms with Gasteiger partial charge in [-0.15, -0.1) is 0 Å². The number of aromatic nitrogens is 2. The molecule has 6 heteroatoms. The molecule has 0 unspecified atom stereocenters. The Hall–Kier alpha value is -3.15. The van der Waals surface area contributed by atoms with Crippen LogP contribution < -0.4 is 5.32 Å². The normalized spacial score (nSPS) is 14.5. The minimum atomic E-state index is -0.113. The van der Waals surface area contributed by atoms with E-state index < -0.39 is 0 Å². The molecule has 1 fully saturated rings. The molecule has 1 aromatic heterocycles. The van der Waals surface area contributed by atoms with Crippen LogP contribution in [0.2, 0.25) is 0 Å². The second-order valence-corrected chi connectivity index (χ2v) is 8.31. The van der Waals surface area contributed by atoms with Crippen LogP contribution in [-0.2, 0) is 29.2 Å². The smallest absolute Gasteiger partial charge is 0.243 e. The Morgan fingerprint density at radius 3 is 2.48 bits per heavy atom. The summed E-state index contributed by atoms with van der Waals surface area (Å²) < 4.78 is 1.95. The predicted molar refractivity (Wildman–Crippen MR) is 121 cm³/mol. The molecular weight excluding hydrogens is 388 g/mol. The number of imidazole rings is 1. The molecule has 1 N–H and O–H groups in total. The van der Waals surface area contributed by atoms with E-state index in [9.17, 15) is 9.59 Å². The molecule has 1 aliphatic carbocycles. The molecule has 0 spiro atoms. The number of nitrogens with zero attached hydrogens (tertiary/aromatic N) is 3. The fraction of sp³-hybridized carbons (Fsp3) is 0.400. The molecule has 0 bridgehead atoms. The highest BCUT2D eigenvalue weighted by molar-refractivity contribution is 5.81. The Kier molecular flexibility index (Phi) is 6.65. The topological polar surface area (TPSA) is 67.2 Å². The zero-order valence-electron chi connectivity index (χ0n) is 18.1. The van der Waals surface area contributed by atoms with Crippen molar-refractivity contribution in [3.05, 3.63) is 66.0 Å². The van der Waals surface area contributed by atoms with Crippen molar-refractivity contribution in [3.8, 4) is 0 Å². The zero-order chi connectivity index (χ0) is 21.6. The quantitative estimate of drug-likeness (QED) is 0.630. The number of carbonyl (C=O) groups excluding carboxylic acids is 2. The maximum Gasteiger partial charge on any atom is 0.243 e. The summed E-state index contributed by atoms with van der Waals surface area (Å²) in [5, 5.41) is 2.82. The number of hydrogen-bond acceptors (Lipinski definition) is 3. The van der Waals surface area contributed by atoms with Gasteiger partial charge in [0.1, 0.15) is 12.4 Å². The highest BCUT2D eigenvalue weighted by Gasteiger charge is 2.26. The van der Waals surface area contributed by atoms with Gasteiger partial charge in [-0.25, -0.2) is 4.98 Å². The van der Waals surface area contributed by atoms with Crippen molar-refractivity contribution < 1.29 is 9.59 Å². The minimum absolute atomic E-state index is 0.1000. The summed E-state index contributed by atoms with van der Waals surface area (Å²) >= 11 is 0. The maximum atomic E-state index is 13.6. The standard InChI is InChI=1S/C25H30N4O2/c1-19(30)26-16-24-27-22-14-8-9-15-23(22)29(24)18-25(31)28(21-12-6-3-7-13-21)17-20-10-4-2-5-11-20/h2,4-5,8-11,14-15,21H,3,6-7,12-13,16-18H2,1H3,(H,26,30). The Morgan fingerprint density at radius 2 is 1.74 bits per heavy atom. The second kappa shape index (κ2) is 9.77. The molecule has 0 radical (unpaired) electrons. The highest BCUT2D eigenvalue weighted by Crippen LogP contribution is 2.25. The molecule has 1 heterocycles. The lowest BCUT2D eigenvalue weighted by atomic mass is 9.93. The Morgan fingerprint density at radius 1 is 1.03 bits per heavy atom. The van der Waals surface area contributed by atoms with Crippen molar-refractivity contribution in [1.82, 2.24) is 19.8 Å². The molecule has 0 atom stereocenters. The molecule has 2 amide bonds. The third-order valence-corrected chi connectivity index (χ3v) is 6.05. The number of carbonyl (C=O) groups is 2. The Balaban J connectivity index is 1.62. The third-order valence-electron chi connectivity index (χ3n) is 6.05. The molecule has 6 nitrogen and oxygen atoms in total. The van der Waals surface area contributed by atoms with Crippen LogP contribution in [0.15, 0.2) is 54.6 Å². The van der Waals surface area contributed by atoms with Gasteiger partial charge in [0, 0.05) is 19.5 Å². The number of fused-ring (bicyclic) bond motifs is 1. The molecule has 162 valence electrons. The van der Waals surface area contributed by atoms with E-state index in [1.54, 1.807) is 0 Å². The lowest BCUT2D eigenvalue weighted by Gasteiger charge is -2.35. The number of amides is 2. The average Bonchev–Trinajstić information content (AvgIpc) is 3.14. The van der Waals surface area contributed by atoms with Crippen LogP contribution in [0.3, 0.4) is 0 Å². The van der Waals surface area contributed by atoms with Gasteiger partial charge in [-0.1, -0.05) is 61.7 Å². The summed E-state index contributed by atoms with van der Waals surface area (Å²) in [5.74, 6) is 0.689. The maximum absolute atomic E-state index is 13.6. The van der Waals surface area contributed by atoms with Crippen LogP contribution in [-0.4, -0.2) is 32.3 Å². The number of rotatable bonds is 7. The lowest BCUT2D eigenvalue weighted by molar-refractivity contribution is -0.135. The lowest BCUT2D eigenvalue weighted by Crippen LogP contribution is -2.42. The minimum Gasteiger partial charge on any atom is -0.349 e. The van der Waals surface area contributed by atoms with Crippen LogP contribution in [0.5, 0.6) is 0 Å². The van der Waals surface area contributed by atoms with Gasteiger partial charge in [0.15, 0.2) is 0 Å². The van der Waals surface area contributed by atoms with Crippen molar-refractivity contribution in [2.45, 2.75) is 64.7 Å². The number of nitrogens with one attached hydrogen (secondary N) is 1. The van der Waals surface area contributed by atoms with Crippen molar-refractivity contribution >= 4 is 22.8 Å². The first-order valence-corrected chi connectivity index (χ1v) is 11.1. The summed E-state index contributed by atoms with van der Waals surface area (Å²) in [4.78, 5) is 31.8. The first kappa shape index (κ1) is 21.1. The fourth-order valence-corrected chi connectivity index (χ4v) is 4.46. The second-order valence-electron chi connectivity index (χ2n) is 8.31. The van der Waals surface area contributed by atoms with Crippen LogP contribution in [0.25, 0.3) is 11.0 Å². The monoisotopic (exact) mass is 418 g/mol. The van der Waals surface area contributed by atoms with Crippen molar-refractivity contribution in [1.29, 1.82) is 0 Å². The van der Waals surface area contributed by atoms with Gasteiger partial charge in [-0.05, 0) is 30.5 Å². The zero-order valence-corrected chi connectivity index (χ0v) is 18.1. The van der Waals surface area contributed by atoms with Gasteiger partial charge in [-0.3, -0.25) is 9.59 Å². The van der Waals surface area contributed by atoms with Crippen molar-refractivity contribution in [3.63, 3.8) is 0 Å². The summed E-state index contributed by atoms with van der Waals surface area (Å²) in [5.41, 5.74) is 2.90. The largest absolute Gasteiger partial charge is 0.349 e. The van der Waals surface area contributed by atoms with E-state index in [4.69, 9.17) is 0 Å².